The zero-order valence-electron chi connectivity index (χ0n) is 13.5. The van der Waals surface area contributed by atoms with Gasteiger partial charge in [0.05, 0.1) is 17.4 Å². The second-order valence-corrected chi connectivity index (χ2v) is 6.12. The van der Waals surface area contributed by atoms with E-state index in [1.807, 2.05) is 36.1 Å². The van der Waals surface area contributed by atoms with Crippen molar-refractivity contribution in [3.8, 4) is 5.69 Å². The van der Waals surface area contributed by atoms with E-state index in [1.54, 1.807) is 17.1 Å². The van der Waals surface area contributed by atoms with Crippen molar-refractivity contribution in [2.45, 2.75) is 38.6 Å². The van der Waals surface area contributed by atoms with Crippen LogP contribution >= 0.6 is 0 Å². The molecule has 1 atom stereocenters. The highest BCUT2D eigenvalue weighted by atomic mass is 16.3. The van der Waals surface area contributed by atoms with Gasteiger partial charge in [-0.2, -0.15) is 5.10 Å². The third-order valence-corrected chi connectivity index (χ3v) is 4.54. The van der Waals surface area contributed by atoms with Crippen molar-refractivity contribution in [1.29, 1.82) is 0 Å². The van der Waals surface area contributed by atoms with Crippen molar-refractivity contribution in [3.63, 3.8) is 0 Å². The van der Waals surface area contributed by atoms with Crippen molar-refractivity contribution in [2.75, 3.05) is 13.2 Å². The first-order chi connectivity index (χ1) is 11.2. The lowest BCUT2D eigenvalue weighted by Crippen LogP contribution is -2.44. The van der Waals surface area contributed by atoms with Crippen molar-refractivity contribution in [1.82, 2.24) is 14.7 Å². The zero-order chi connectivity index (χ0) is 16.2. The Morgan fingerprint density at radius 3 is 2.96 bits per heavy atom. The van der Waals surface area contributed by atoms with Gasteiger partial charge in [0, 0.05) is 25.4 Å². The van der Waals surface area contributed by atoms with E-state index in [4.69, 9.17) is 0 Å². The van der Waals surface area contributed by atoms with Gasteiger partial charge in [0.2, 0.25) is 0 Å². The number of benzene rings is 1. The number of amides is 1. The molecule has 2 heterocycles. The highest BCUT2D eigenvalue weighted by Crippen LogP contribution is 2.22. The van der Waals surface area contributed by atoms with Crippen LogP contribution in [0.5, 0.6) is 0 Å². The van der Waals surface area contributed by atoms with Crippen molar-refractivity contribution in [3.05, 3.63) is 47.8 Å². The van der Waals surface area contributed by atoms with Gasteiger partial charge >= 0.3 is 0 Å². The lowest BCUT2D eigenvalue weighted by molar-refractivity contribution is 0.0574. The maximum atomic E-state index is 12.8. The van der Waals surface area contributed by atoms with Crippen LogP contribution in [-0.4, -0.2) is 44.9 Å². The smallest absolute Gasteiger partial charge is 0.257 e. The van der Waals surface area contributed by atoms with Gasteiger partial charge in [0.15, 0.2) is 0 Å². The third-order valence-electron chi connectivity index (χ3n) is 4.54. The van der Waals surface area contributed by atoms with E-state index in [0.29, 0.717) is 12.0 Å². The summed E-state index contributed by atoms with van der Waals surface area (Å²) in [5, 5.41) is 13.6. The fourth-order valence-electron chi connectivity index (χ4n) is 3.27. The molecule has 1 saturated heterocycles. The summed E-state index contributed by atoms with van der Waals surface area (Å²) in [6.45, 7) is 2.91. The molecule has 0 bridgehead atoms. The standard InChI is InChI=1S/C18H23N3O2/c1-14-6-2-3-8-17(14)21-13-15(12-19-21)18(23)20-10-5-4-7-16(20)9-11-22/h2-3,6,8,12-13,16,22H,4-5,7,9-11H2,1H3. The second kappa shape index (κ2) is 6.96. The van der Waals surface area contributed by atoms with Crippen LogP contribution in [0.3, 0.4) is 0 Å². The number of carbonyl (C=O) groups is 1. The second-order valence-electron chi connectivity index (χ2n) is 6.12. The van der Waals surface area contributed by atoms with E-state index in [-0.39, 0.29) is 18.6 Å². The predicted molar refractivity (Wildman–Crippen MR) is 88.7 cm³/mol. The van der Waals surface area contributed by atoms with Gasteiger partial charge in [0.1, 0.15) is 0 Å². The zero-order valence-corrected chi connectivity index (χ0v) is 13.5. The molecule has 0 radical (unpaired) electrons. The minimum absolute atomic E-state index is 0.0167. The number of carbonyl (C=O) groups excluding carboxylic acids is 1. The first kappa shape index (κ1) is 15.7. The van der Waals surface area contributed by atoms with Crippen LogP contribution in [0.1, 0.15) is 41.6 Å². The Labute approximate surface area is 136 Å². The highest BCUT2D eigenvalue weighted by molar-refractivity contribution is 5.94. The molecule has 0 aliphatic carbocycles. The molecule has 1 aliphatic heterocycles. The summed E-state index contributed by atoms with van der Waals surface area (Å²) in [7, 11) is 0. The molecular weight excluding hydrogens is 290 g/mol. The van der Waals surface area contributed by atoms with Gasteiger partial charge in [-0.05, 0) is 44.2 Å². The molecule has 1 unspecified atom stereocenters. The number of nitrogens with zero attached hydrogens (tertiary/aromatic N) is 3. The first-order valence-corrected chi connectivity index (χ1v) is 8.23. The summed E-state index contributed by atoms with van der Waals surface area (Å²) in [6.07, 6.45) is 7.21. The summed E-state index contributed by atoms with van der Waals surface area (Å²) in [6, 6.07) is 8.12. The number of piperidine rings is 1. The van der Waals surface area contributed by atoms with E-state index in [9.17, 15) is 9.90 Å². The van der Waals surface area contributed by atoms with Crippen LogP contribution in [-0.2, 0) is 0 Å². The van der Waals surface area contributed by atoms with Crippen molar-refractivity contribution < 1.29 is 9.90 Å². The number of rotatable bonds is 4. The summed E-state index contributed by atoms with van der Waals surface area (Å²) < 4.78 is 1.76. The Bertz CT molecular complexity index is 678. The number of likely N-dealkylation sites (tertiary alicyclic amines) is 1. The fraction of sp³-hybridized carbons (Fsp3) is 0.444. The third kappa shape index (κ3) is 3.29. The maximum Gasteiger partial charge on any atom is 0.257 e. The van der Waals surface area contributed by atoms with Crippen LogP contribution in [0.4, 0.5) is 0 Å². The molecule has 1 fully saturated rings. The number of aromatic nitrogens is 2. The quantitative estimate of drug-likeness (QED) is 0.944. The number of hydrogen-bond acceptors (Lipinski definition) is 3. The van der Waals surface area contributed by atoms with Gasteiger partial charge in [-0.1, -0.05) is 18.2 Å². The van der Waals surface area contributed by atoms with Crippen LogP contribution in [0, 0.1) is 6.92 Å². The van der Waals surface area contributed by atoms with Crippen LogP contribution in [0.2, 0.25) is 0 Å². The van der Waals surface area contributed by atoms with Crippen molar-refractivity contribution >= 4 is 5.91 Å². The normalized spacial score (nSPS) is 18.2. The summed E-state index contributed by atoms with van der Waals surface area (Å²) in [5.74, 6) is 0.0167. The molecule has 122 valence electrons. The van der Waals surface area contributed by atoms with Gasteiger partial charge in [-0.15, -0.1) is 0 Å². The van der Waals surface area contributed by atoms with E-state index in [1.165, 1.54) is 0 Å². The van der Waals surface area contributed by atoms with Gasteiger partial charge in [-0.3, -0.25) is 4.79 Å². The number of aliphatic hydroxyl groups excluding tert-OH is 1. The summed E-state index contributed by atoms with van der Waals surface area (Å²) in [4.78, 5) is 14.7. The van der Waals surface area contributed by atoms with Gasteiger partial charge in [-0.25, -0.2) is 4.68 Å². The van der Waals surface area contributed by atoms with Crippen LogP contribution < -0.4 is 0 Å². The van der Waals surface area contributed by atoms with E-state index >= 15 is 0 Å². The number of para-hydroxylation sites is 1. The average Bonchev–Trinajstić information content (AvgIpc) is 3.05. The Hall–Kier alpha value is -2.14. The maximum absolute atomic E-state index is 12.8. The molecule has 5 nitrogen and oxygen atoms in total. The predicted octanol–water partition coefficient (Wildman–Crippen LogP) is 2.56. The van der Waals surface area contributed by atoms with E-state index < -0.39 is 0 Å². The van der Waals surface area contributed by atoms with Crippen LogP contribution in [0.15, 0.2) is 36.7 Å². The molecule has 0 saturated carbocycles. The molecule has 0 spiro atoms. The number of aliphatic hydroxyl groups is 1. The summed E-state index contributed by atoms with van der Waals surface area (Å²) in [5.41, 5.74) is 2.71. The van der Waals surface area contributed by atoms with E-state index in [0.717, 1.165) is 37.1 Å². The molecule has 3 rings (SSSR count). The molecule has 5 heteroatoms. The summed E-state index contributed by atoms with van der Waals surface area (Å²) >= 11 is 0. The topological polar surface area (TPSA) is 58.4 Å². The molecule has 1 amide bonds. The van der Waals surface area contributed by atoms with Crippen molar-refractivity contribution in [2.24, 2.45) is 0 Å². The molecule has 1 aliphatic rings. The number of hydrogen-bond donors (Lipinski definition) is 1. The Morgan fingerprint density at radius 2 is 2.17 bits per heavy atom. The molecular formula is C18H23N3O2. The average molecular weight is 313 g/mol. The minimum Gasteiger partial charge on any atom is -0.396 e. The van der Waals surface area contributed by atoms with Gasteiger partial charge in [0.25, 0.3) is 5.91 Å². The fourth-order valence-corrected chi connectivity index (χ4v) is 3.27. The molecule has 1 N–H and O–H groups in total. The highest BCUT2D eigenvalue weighted by Gasteiger charge is 2.27. The number of aryl methyl sites for hydroxylation is 1. The monoisotopic (exact) mass is 313 g/mol. The largest absolute Gasteiger partial charge is 0.396 e. The lowest BCUT2D eigenvalue weighted by atomic mass is 9.99. The van der Waals surface area contributed by atoms with Crippen LogP contribution in [0.25, 0.3) is 5.69 Å². The van der Waals surface area contributed by atoms with Gasteiger partial charge < -0.3 is 10.0 Å². The Balaban J connectivity index is 1.82. The minimum atomic E-state index is 0.0167. The SMILES string of the molecule is Cc1ccccc1-n1cc(C(=O)N2CCCCC2CCO)cn1. The Kier molecular flexibility index (Phi) is 4.76. The van der Waals surface area contributed by atoms with E-state index in [2.05, 4.69) is 5.10 Å². The molecule has 23 heavy (non-hydrogen) atoms. The lowest BCUT2D eigenvalue weighted by Gasteiger charge is -2.35. The Morgan fingerprint density at radius 1 is 1.35 bits per heavy atom. The molecule has 1 aromatic carbocycles. The molecule has 1 aromatic heterocycles. The molecule has 2 aromatic rings. The first-order valence-electron chi connectivity index (χ1n) is 8.23.